The molecule has 1 aromatic heterocycles. The quantitative estimate of drug-likeness (QED) is 0.635. The fourth-order valence-corrected chi connectivity index (χ4v) is 4.47. The molecule has 0 radical (unpaired) electrons. The van der Waals surface area contributed by atoms with Crippen molar-refractivity contribution in [2.45, 2.75) is 25.8 Å². The van der Waals surface area contributed by atoms with Gasteiger partial charge in [0.15, 0.2) is 5.11 Å². The number of nitrogens with one attached hydrogen (secondary N) is 1. The van der Waals surface area contributed by atoms with Crippen LogP contribution < -0.4 is 10.9 Å². The largest absolute Gasteiger partial charge is 0.462 e. The first-order valence-corrected chi connectivity index (χ1v) is 9.99. The van der Waals surface area contributed by atoms with E-state index in [1.807, 2.05) is 28.8 Å². The SMILES string of the molecule is CCOC(=O)c1cccc(NC(=S)N2C[C@H]3C[C@H](C2)c2cccc(=O)n2C3)c1. The second-order valence-electron chi connectivity index (χ2n) is 7.33. The topological polar surface area (TPSA) is 63.6 Å². The molecule has 0 amide bonds. The molecule has 2 atom stereocenters. The Balaban J connectivity index is 1.48. The fraction of sp³-hybridized carbons (Fsp3) is 0.381. The van der Waals surface area contributed by atoms with Crippen LogP contribution >= 0.6 is 12.2 Å². The number of esters is 1. The number of likely N-dealkylation sites (tertiary alicyclic amines) is 1. The van der Waals surface area contributed by atoms with Gasteiger partial charge in [0.1, 0.15) is 0 Å². The zero-order valence-electron chi connectivity index (χ0n) is 15.8. The van der Waals surface area contributed by atoms with Crippen LogP contribution in [-0.2, 0) is 11.3 Å². The average molecular weight is 398 g/mol. The van der Waals surface area contributed by atoms with Crippen molar-refractivity contribution in [3.05, 3.63) is 64.1 Å². The molecule has 1 aromatic carbocycles. The molecular weight excluding hydrogens is 374 g/mol. The van der Waals surface area contributed by atoms with Crippen LogP contribution in [0.15, 0.2) is 47.3 Å². The number of piperidine rings is 1. The van der Waals surface area contributed by atoms with Crippen LogP contribution in [0.5, 0.6) is 0 Å². The van der Waals surface area contributed by atoms with Crippen LogP contribution in [-0.4, -0.2) is 40.2 Å². The van der Waals surface area contributed by atoms with Gasteiger partial charge in [0.2, 0.25) is 0 Å². The van der Waals surface area contributed by atoms with Crippen LogP contribution in [0.4, 0.5) is 5.69 Å². The zero-order chi connectivity index (χ0) is 19.7. The van der Waals surface area contributed by atoms with E-state index in [0.717, 1.165) is 37.4 Å². The second-order valence-corrected chi connectivity index (χ2v) is 7.72. The van der Waals surface area contributed by atoms with Crippen LogP contribution in [0.2, 0.25) is 0 Å². The number of thiocarbonyl (C=S) groups is 1. The number of hydrogen-bond donors (Lipinski definition) is 1. The summed E-state index contributed by atoms with van der Waals surface area (Å²) >= 11 is 5.65. The van der Waals surface area contributed by atoms with Crippen LogP contribution in [0, 0.1) is 5.92 Å². The number of anilines is 1. The highest BCUT2D eigenvalue weighted by molar-refractivity contribution is 7.80. The molecule has 0 aliphatic carbocycles. The minimum Gasteiger partial charge on any atom is -0.462 e. The van der Waals surface area contributed by atoms with E-state index in [1.54, 1.807) is 25.1 Å². The maximum Gasteiger partial charge on any atom is 0.338 e. The van der Waals surface area contributed by atoms with E-state index in [9.17, 15) is 9.59 Å². The van der Waals surface area contributed by atoms with Crippen molar-refractivity contribution in [1.29, 1.82) is 0 Å². The predicted octanol–water partition coefficient (Wildman–Crippen LogP) is 2.84. The molecule has 1 saturated heterocycles. The van der Waals surface area contributed by atoms with Gasteiger partial charge in [-0.2, -0.15) is 0 Å². The summed E-state index contributed by atoms with van der Waals surface area (Å²) in [7, 11) is 0. The number of fused-ring (bicyclic) bond motifs is 4. The fourth-order valence-electron chi connectivity index (χ4n) is 4.20. The third-order valence-corrected chi connectivity index (χ3v) is 5.75. The molecule has 7 heteroatoms. The van der Waals surface area contributed by atoms with Gasteiger partial charge >= 0.3 is 5.97 Å². The number of nitrogens with zero attached hydrogens (tertiary/aromatic N) is 2. The summed E-state index contributed by atoms with van der Waals surface area (Å²) < 4.78 is 6.97. The molecule has 4 rings (SSSR count). The number of carbonyl (C=O) groups excluding carboxylic acids is 1. The highest BCUT2D eigenvalue weighted by atomic mass is 32.1. The van der Waals surface area contributed by atoms with Gasteiger partial charge in [-0.05, 0) is 55.7 Å². The summed E-state index contributed by atoms with van der Waals surface area (Å²) in [6.07, 6.45) is 1.08. The maximum atomic E-state index is 12.2. The first kappa shape index (κ1) is 18.7. The van der Waals surface area contributed by atoms with E-state index >= 15 is 0 Å². The molecule has 0 unspecified atom stereocenters. The standard InChI is InChI=1S/C21H23N3O3S/c1-2-27-20(26)15-5-3-6-17(10-15)22-21(28)23-11-14-9-16(13-23)18-7-4-8-19(25)24(18)12-14/h3-8,10,14,16H,2,9,11-13H2,1H3,(H,22,28)/t14-,16-/m1/s1. The highest BCUT2D eigenvalue weighted by Gasteiger charge is 2.35. The number of benzene rings is 1. The second kappa shape index (κ2) is 7.75. The van der Waals surface area contributed by atoms with Crippen molar-refractivity contribution in [2.75, 3.05) is 25.0 Å². The Kier molecular flexibility index (Phi) is 5.17. The van der Waals surface area contributed by atoms with Crippen molar-refractivity contribution in [1.82, 2.24) is 9.47 Å². The Hall–Kier alpha value is -2.67. The normalized spacial score (nSPS) is 20.2. The number of pyridine rings is 1. The number of carbonyl (C=O) groups is 1. The lowest BCUT2D eigenvalue weighted by Crippen LogP contribution is -2.50. The summed E-state index contributed by atoms with van der Waals surface area (Å²) in [5.74, 6) is 0.357. The average Bonchev–Trinajstić information content (AvgIpc) is 2.69. The van der Waals surface area contributed by atoms with Gasteiger partial charge in [0, 0.05) is 43.0 Å². The smallest absolute Gasteiger partial charge is 0.338 e. The van der Waals surface area contributed by atoms with E-state index in [4.69, 9.17) is 17.0 Å². The van der Waals surface area contributed by atoms with E-state index in [-0.39, 0.29) is 11.5 Å². The summed E-state index contributed by atoms with van der Waals surface area (Å²) in [5.41, 5.74) is 2.44. The zero-order valence-corrected chi connectivity index (χ0v) is 16.6. The van der Waals surface area contributed by atoms with Crippen molar-refractivity contribution in [3.8, 4) is 0 Å². The summed E-state index contributed by atoms with van der Waals surface area (Å²) in [6, 6.07) is 12.7. The molecule has 1 N–H and O–H groups in total. The molecule has 2 bridgehead atoms. The molecule has 1 fully saturated rings. The lowest BCUT2D eigenvalue weighted by molar-refractivity contribution is 0.0526. The number of aromatic nitrogens is 1. The van der Waals surface area contributed by atoms with E-state index in [1.165, 1.54) is 0 Å². The van der Waals surface area contributed by atoms with Gasteiger partial charge in [0.05, 0.1) is 12.2 Å². The molecule has 6 nitrogen and oxygen atoms in total. The Labute approximate surface area is 169 Å². The monoisotopic (exact) mass is 397 g/mol. The number of hydrogen-bond acceptors (Lipinski definition) is 4. The van der Waals surface area contributed by atoms with E-state index in [0.29, 0.717) is 29.1 Å². The van der Waals surface area contributed by atoms with Crippen molar-refractivity contribution in [3.63, 3.8) is 0 Å². The Morgan fingerprint density at radius 2 is 2.04 bits per heavy atom. The van der Waals surface area contributed by atoms with Gasteiger partial charge in [-0.25, -0.2) is 4.79 Å². The molecular formula is C21H23N3O3S. The lowest BCUT2D eigenvalue weighted by atomic mass is 9.83. The molecule has 146 valence electrons. The van der Waals surface area contributed by atoms with Crippen molar-refractivity contribution >= 4 is 29.0 Å². The summed E-state index contributed by atoms with van der Waals surface area (Å²) in [5, 5.41) is 3.90. The summed E-state index contributed by atoms with van der Waals surface area (Å²) in [4.78, 5) is 26.3. The number of rotatable bonds is 3. The minimum atomic E-state index is -0.341. The first-order valence-electron chi connectivity index (χ1n) is 9.58. The van der Waals surface area contributed by atoms with Gasteiger partial charge in [-0.3, -0.25) is 4.79 Å². The van der Waals surface area contributed by atoms with Crippen molar-refractivity contribution < 1.29 is 9.53 Å². The Morgan fingerprint density at radius 3 is 2.86 bits per heavy atom. The molecule has 3 heterocycles. The van der Waals surface area contributed by atoms with Crippen LogP contribution in [0.1, 0.15) is 35.3 Å². The molecule has 2 aromatic rings. The van der Waals surface area contributed by atoms with Gasteiger partial charge < -0.3 is 19.5 Å². The highest BCUT2D eigenvalue weighted by Crippen LogP contribution is 2.35. The Bertz CT molecular complexity index is 971. The van der Waals surface area contributed by atoms with Gasteiger partial charge in [-0.1, -0.05) is 12.1 Å². The molecule has 2 aliphatic heterocycles. The third kappa shape index (κ3) is 3.67. The third-order valence-electron chi connectivity index (χ3n) is 5.39. The lowest BCUT2D eigenvalue weighted by Gasteiger charge is -2.43. The first-order chi connectivity index (χ1) is 13.5. The molecule has 0 saturated carbocycles. The Morgan fingerprint density at radius 1 is 1.21 bits per heavy atom. The van der Waals surface area contributed by atoms with E-state index in [2.05, 4.69) is 10.2 Å². The van der Waals surface area contributed by atoms with Crippen LogP contribution in [0.25, 0.3) is 0 Å². The minimum absolute atomic E-state index is 0.0807. The predicted molar refractivity (Wildman–Crippen MR) is 112 cm³/mol. The maximum absolute atomic E-state index is 12.2. The van der Waals surface area contributed by atoms with Crippen LogP contribution in [0.3, 0.4) is 0 Å². The molecule has 0 spiro atoms. The molecule has 28 heavy (non-hydrogen) atoms. The molecule has 2 aliphatic rings. The van der Waals surface area contributed by atoms with Gasteiger partial charge in [0.25, 0.3) is 5.56 Å². The van der Waals surface area contributed by atoms with Crippen molar-refractivity contribution in [2.24, 2.45) is 5.92 Å². The van der Waals surface area contributed by atoms with Gasteiger partial charge in [-0.15, -0.1) is 0 Å². The van der Waals surface area contributed by atoms with E-state index < -0.39 is 0 Å². The summed E-state index contributed by atoms with van der Waals surface area (Å²) in [6.45, 7) is 4.47. The number of ether oxygens (including phenoxy) is 1.